The van der Waals surface area contributed by atoms with Gasteiger partial charge in [0.25, 0.3) is 18.8 Å². The molecule has 2 bridgehead atoms. The number of fused-ring (bicyclic) bond motifs is 2. The van der Waals surface area contributed by atoms with Gasteiger partial charge >= 0.3 is 0 Å². The Morgan fingerprint density at radius 1 is 0.826 bits per heavy atom. The van der Waals surface area contributed by atoms with E-state index in [0.717, 1.165) is 34.1 Å². The van der Waals surface area contributed by atoms with Crippen LogP contribution in [0.2, 0.25) is 0 Å². The Morgan fingerprint density at radius 3 is 2.04 bits per heavy atom. The maximum atomic E-state index is 10.4. The molecule has 0 spiro atoms. The second-order valence-electron chi connectivity index (χ2n) is 12.2. The number of rotatable bonds is 10. The smallest absolute Gasteiger partial charge is 0.287 e. The van der Waals surface area contributed by atoms with E-state index in [1.54, 1.807) is 24.8 Å². The SMILES string of the molecule is CC(C)(N=C=O)c1cccc(C(C)(C)OC#N)c1.CCC.N#COCC1CC2CCC1C2.N#COCc1cccc(CN=C=O)c1. The van der Waals surface area contributed by atoms with Gasteiger partial charge in [0.2, 0.25) is 12.2 Å². The van der Waals surface area contributed by atoms with E-state index in [-0.39, 0.29) is 6.61 Å². The molecule has 0 aromatic heterocycles. The molecule has 0 amide bonds. The van der Waals surface area contributed by atoms with E-state index in [1.165, 1.54) is 38.2 Å². The highest BCUT2D eigenvalue weighted by molar-refractivity contribution is 5.39. The summed E-state index contributed by atoms with van der Waals surface area (Å²) in [5.74, 6) is 2.55. The summed E-state index contributed by atoms with van der Waals surface area (Å²) in [7, 11) is 0. The molecule has 0 heterocycles. The van der Waals surface area contributed by atoms with Crippen molar-refractivity contribution in [1.82, 2.24) is 0 Å². The minimum atomic E-state index is -0.703. The lowest BCUT2D eigenvalue weighted by atomic mass is 9.89. The van der Waals surface area contributed by atoms with E-state index < -0.39 is 11.1 Å². The van der Waals surface area contributed by atoms with Crippen molar-refractivity contribution in [2.75, 3.05) is 6.61 Å². The largest absolute Gasteiger partial charge is 0.427 e. The minimum absolute atomic E-state index is 0.245. The molecule has 0 aliphatic heterocycles. The molecular weight excluding hydrogens is 582 g/mol. The number of nitriles is 3. The average molecular weight is 628 g/mol. The Hall–Kier alpha value is -4.93. The normalized spacial score (nSPS) is 17.1. The summed E-state index contributed by atoms with van der Waals surface area (Å²) in [4.78, 5) is 27.5. The van der Waals surface area contributed by atoms with Crippen molar-refractivity contribution in [3.63, 3.8) is 0 Å². The third kappa shape index (κ3) is 13.8. The number of hydrogen-bond acceptors (Lipinski definition) is 10. The Balaban J connectivity index is 0.000000338. The second kappa shape index (κ2) is 20.9. The van der Waals surface area contributed by atoms with Gasteiger partial charge in [-0.1, -0.05) is 69.2 Å². The Kier molecular flexibility index (Phi) is 17.8. The summed E-state index contributed by atoms with van der Waals surface area (Å²) >= 11 is 0. The fourth-order valence-electron chi connectivity index (χ4n) is 5.41. The third-order valence-electron chi connectivity index (χ3n) is 7.76. The second-order valence-corrected chi connectivity index (χ2v) is 12.2. The van der Waals surface area contributed by atoms with Gasteiger partial charge in [-0.15, -0.1) is 0 Å². The zero-order valence-electron chi connectivity index (χ0n) is 27.8. The monoisotopic (exact) mass is 627 g/mol. The van der Waals surface area contributed by atoms with Crippen LogP contribution in [-0.4, -0.2) is 18.8 Å². The van der Waals surface area contributed by atoms with Gasteiger partial charge in [0.05, 0.1) is 12.1 Å². The molecule has 0 saturated heterocycles. The van der Waals surface area contributed by atoms with E-state index in [2.05, 4.69) is 28.6 Å². The van der Waals surface area contributed by atoms with Gasteiger partial charge < -0.3 is 14.2 Å². The highest BCUT2D eigenvalue weighted by atomic mass is 16.5. The number of benzene rings is 2. The van der Waals surface area contributed by atoms with Crippen LogP contribution in [0.3, 0.4) is 0 Å². The molecule has 2 saturated carbocycles. The van der Waals surface area contributed by atoms with Crippen molar-refractivity contribution in [1.29, 1.82) is 15.8 Å². The molecule has 3 atom stereocenters. The van der Waals surface area contributed by atoms with E-state index in [1.807, 2.05) is 76.2 Å². The lowest BCUT2D eigenvalue weighted by molar-refractivity contribution is 0.0701. The van der Waals surface area contributed by atoms with Gasteiger partial charge in [-0.2, -0.15) is 20.8 Å². The zero-order valence-corrected chi connectivity index (χ0v) is 27.8. The molecule has 2 aliphatic rings. The van der Waals surface area contributed by atoms with Crippen molar-refractivity contribution in [2.45, 2.75) is 97.9 Å². The molecule has 0 radical (unpaired) electrons. The molecular formula is C36H45N5O5. The van der Waals surface area contributed by atoms with Crippen LogP contribution >= 0.6 is 0 Å². The van der Waals surface area contributed by atoms with Crippen LogP contribution in [0, 0.1) is 52.3 Å². The first kappa shape index (κ1) is 39.1. The topological polar surface area (TPSA) is 158 Å². The van der Waals surface area contributed by atoms with Gasteiger partial charge in [0.1, 0.15) is 18.8 Å². The van der Waals surface area contributed by atoms with Crippen LogP contribution in [0.1, 0.15) is 95.9 Å². The summed E-state index contributed by atoms with van der Waals surface area (Å²) in [6, 6.07) is 14.8. The first-order valence-electron chi connectivity index (χ1n) is 15.4. The molecule has 46 heavy (non-hydrogen) atoms. The van der Waals surface area contributed by atoms with Crippen molar-refractivity contribution in [3.05, 3.63) is 70.8 Å². The molecule has 3 unspecified atom stereocenters. The number of ether oxygens (including phenoxy) is 3. The van der Waals surface area contributed by atoms with E-state index in [9.17, 15) is 9.59 Å². The van der Waals surface area contributed by atoms with Crippen molar-refractivity contribution in [3.8, 4) is 18.8 Å². The van der Waals surface area contributed by atoms with Gasteiger partial charge in [0.15, 0.2) is 0 Å². The lowest BCUT2D eigenvalue weighted by Crippen LogP contribution is -2.21. The lowest BCUT2D eigenvalue weighted by Gasteiger charge is -2.25. The van der Waals surface area contributed by atoms with E-state index >= 15 is 0 Å². The first-order valence-corrected chi connectivity index (χ1v) is 15.4. The Morgan fingerprint density at radius 2 is 1.48 bits per heavy atom. The maximum Gasteiger partial charge on any atom is 0.287 e. The maximum absolute atomic E-state index is 10.4. The Bertz CT molecular complexity index is 1440. The van der Waals surface area contributed by atoms with Crippen LogP contribution in [0.25, 0.3) is 0 Å². The standard InChI is InChI=1S/C14H16N2O2.C10H8N2O2.C9H13NO.C3H8/c1-13(2,16-10-17)11-6-5-7-12(8-11)14(3,4)18-9-15;11-7-14-6-10-3-1-2-9(4-10)5-12-8-13;10-6-11-5-9-4-7-1-2-8(9)3-7;1-3-2/h5-8H,1-4H3;1-4H,5-6H2;7-9H,1-5H2;3H2,1-2H3. The number of nitrogens with zero attached hydrogens (tertiary/aromatic N) is 5. The van der Waals surface area contributed by atoms with Crippen LogP contribution in [0.5, 0.6) is 0 Å². The molecule has 2 aliphatic carbocycles. The fourth-order valence-corrected chi connectivity index (χ4v) is 5.41. The van der Waals surface area contributed by atoms with Crippen LogP contribution in [-0.2, 0) is 48.1 Å². The fraction of sp³-hybridized carbons (Fsp3) is 0.528. The summed E-state index contributed by atoms with van der Waals surface area (Å²) in [5.41, 5.74) is 2.16. The van der Waals surface area contributed by atoms with Crippen molar-refractivity contribution < 1.29 is 23.8 Å². The molecule has 10 nitrogen and oxygen atoms in total. The molecule has 2 fully saturated rings. The number of carbonyl (C=O) groups excluding carboxylic acids is 2. The molecule has 244 valence electrons. The van der Waals surface area contributed by atoms with Crippen molar-refractivity contribution >= 4 is 12.2 Å². The summed E-state index contributed by atoms with van der Waals surface area (Å²) in [6.07, 6.45) is 14.9. The third-order valence-corrected chi connectivity index (χ3v) is 7.76. The number of hydrogen-bond donors (Lipinski definition) is 0. The highest BCUT2D eigenvalue weighted by Crippen LogP contribution is 2.48. The van der Waals surface area contributed by atoms with Gasteiger partial charge in [-0.05, 0) is 93.0 Å². The Labute approximate surface area is 273 Å². The van der Waals surface area contributed by atoms with Crippen LogP contribution in [0.15, 0.2) is 58.5 Å². The van der Waals surface area contributed by atoms with E-state index in [0.29, 0.717) is 19.1 Å². The number of aliphatic imine (C=N–C) groups is 2. The quantitative estimate of drug-likeness (QED) is 0.146. The molecule has 2 aromatic carbocycles. The van der Waals surface area contributed by atoms with Crippen LogP contribution < -0.4 is 0 Å². The van der Waals surface area contributed by atoms with Crippen LogP contribution in [0.4, 0.5) is 0 Å². The van der Waals surface area contributed by atoms with E-state index in [4.69, 9.17) is 25.3 Å². The van der Waals surface area contributed by atoms with Gasteiger partial charge in [-0.3, -0.25) is 0 Å². The molecule has 0 N–H and O–H groups in total. The molecule has 2 aromatic rings. The summed E-state index contributed by atoms with van der Waals surface area (Å²) < 4.78 is 14.4. The molecule has 4 rings (SSSR count). The predicted molar refractivity (Wildman–Crippen MR) is 172 cm³/mol. The molecule has 10 heteroatoms. The highest BCUT2D eigenvalue weighted by Gasteiger charge is 2.39. The summed E-state index contributed by atoms with van der Waals surface area (Å²) in [6.45, 7) is 12.8. The zero-order chi connectivity index (χ0) is 34.4. The first-order chi connectivity index (χ1) is 22.0. The minimum Gasteiger partial charge on any atom is -0.427 e. The summed E-state index contributed by atoms with van der Waals surface area (Å²) in [5, 5.41) is 25.1. The average Bonchev–Trinajstić information content (AvgIpc) is 3.67. The van der Waals surface area contributed by atoms with Crippen molar-refractivity contribution in [2.24, 2.45) is 27.7 Å². The number of isocyanates is 2. The van der Waals surface area contributed by atoms with Gasteiger partial charge in [-0.25, -0.2) is 14.6 Å². The predicted octanol–water partition coefficient (Wildman–Crippen LogP) is 7.85. The van der Waals surface area contributed by atoms with Gasteiger partial charge in [0, 0.05) is 0 Å².